The van der Waals surface area contributed by atoms with E-state index in [-0.39, 0.29) is 17.5 Å². The minimum absolute atomic E-state index is 0.0479. The van der Waals surface area contributed by atoms with Crippen LogP contribution < -0.4 is 0 Å². The van der Waals surface area contributed by atoms with E-state index in [1.165, 1.54) is 16.8 Å². The molecule has 1 aromatic heterocycles. The molecule has 2 aromatic rings. The van der Waals surface area contributed by atoms with E-state index < -0.39 is 5.97 Å². The van der Waals surface area contributed by atoms with Crippen molar-refractivity contribution < 1.29 is 19.7 Å². The van der Waals surface area contributed by atoms with Crippen molar-refractivity contribution in [1.82, 2.24) is 9.78 Å². The number of rotatable bonds is 3. The zero-order valence-electron chi connectivity index (χ0n) is 10.7. The highest BCUT2D eigenvalue weighted by atomic mass is 16.5. The predicted molar refractivity (Wildman–Crippen MR) is 70.1 cm³/mol. The molecule has 0 aliphatic carbocycles. The van der Waals surface area contributed by atoms with Crippen molar-refractivity contribution in [2.75, 3.05) is 6.61 Å². The SMILES string of the molecule is O=C(O)c1cc(C2CCCO2)n(-c2ccccc2O)n1. The van der Waals surface area contributed by atoms with Crippen LogP contribution in [0.5, 0.6) is 5.75 Å². The Kier molecular flexibility index (Phi) is 3.15. The van der Waals surface area contributed by atoms with Crippen molar-refractivity contribution in [2.45, 2.75) is 18.9 Å². The van der Waals surface area contributed by atoms with Gasteiger partial charge in [0.15, 0.2) is 5.69 Å². The third-order valence-corrected chi connectivity index (χ3v) is 3.33. The van der Waals surface area contributed by atoms with E-state index in [1.54, 1.807) is 18.2 Å². The van der Waals surface area contributed by atoms with E-state index in [0.717, 1.165) is 12.8 Å². The highest BCUT2D eigenvalue weighted by molar-refractivity contribution is 5.85. The molecular weight excluding hydrogens is 260 g/mol. The Morgan fingerprint density at radius 3 is 2.85 bits per heavy atom. The molecule has 1 saturated heterocycles. The number of benzene rings is 1. The number of nitrogens with zero attached hydrogens (tertiary/aromatic N) is 2. The number of carboxylic acid groups (broad SMARTS) is 1. The van der Waals surface area contributed by atoms with E-state index in [9.17, 15) is 9.90 Å². The summed E-state index contributed by atoms with van der Waals surface area (Å²) in [6, 6.07) is 8.19. The van der Waals surface area contributed by atoms with Crippen molar-refractivity contribution >= 4 is 5.97 Å². The Morgan fingerprint density at radius 2 is 2.20 bits per heavy atom. The van der Waals surface area contributed by atoms with Crippen LogP contribution in [0.2, 0.25) is 0 Å². The standard InChI is InChI=1S/C14H14N2O4/c17-12-5-2-1-4-10(12)16-11(13-6-3-7-20-13)8-9(15-16)14(18)19/h1-2,4-5,8,13,17H,3,6-7H2,(H,18,19). The number of aromatic hydroxyl groups is 1. The smallest absolute Gasteiger partial charge is 0.356 e. The molecule has 1 fully saturated rings. The maximum atomic E-state index is 11.1. The quantitative estimate of drug-likeness (QED) is 0.895. The molecule has 1 unspecified atom stereocenters. The maximum absolute atomic E-state index is 11.1. The van der Waals surface area contributed by atoms with Crippen LogP contribution in [0.3, 0.4) is 0 Å². The van der Waals surface area contributed by atoms with Crippen molar-refractivity contribution in [2.24, 2.45) is 0 Å². The lowest BCUT2D eigenvalue weighted by molar-refractivity contribution is 0.0690. The Morgan fingerprint density at radius 1 is 1.40 bits per heavy atom. The first-order valence-corrected chi connectivity index (χ1v) is 6.40. The van der Waals surface area contributed by atoms with Gasteiger partial charge in [0.2, 0.25) is 0 Å². The number of aromatic carboxylic acids is 1. The molecule has 1 aromatic carbocycles. The molecule has 6 nitrogen and oxygen atoms in total. The Labute approximate surface area is 115 Å². The Balaban J connectivity index is 2.13. The summed E-state index contributed by atoms with van der Waals surface area (Å²) in [5, 5.41) is 23.1. The number of ether oxygens (including phenoxy) is 1. The third-order valence-electron chi connectivity index (χ3n) is 3.33. The molecule has 0 bridgehead atoms. The minimum atomic E-state index is -1.10. The first-order chi connectivity index (χ1) is 9.66. The van der Waals surface area contributed by atoms with Gasteiger partial charge in [-0.1, -0.05) is 12.1 Å². The number of phenolic OH excluding ortho intramolecular Hbond substituents is 1. The molecule has 1 atom stereocenters. The summed E-state index contributed by atoms with van der Waals surface area (Å²) in [6.45, 7) is 0.652. The molecule has 1 aliphatic rings. The molecule has 0 amide bonds. The van der Waals surface area contributed by atoms with Gasteiger partial charge in [0, 0.05) is 6.61 Å². The fourth-order valence-corrected chi connectivity index (χ4v) is 2.38. The van der Waals surface area contributed by atoms with Gasteiger partial charge >= 0.3 is 5.97 Å². The average Bonchev–Trinajstić information content (AvgIpc) is 3.08. The van der Waals surface area contributed by atoms with E-state index in [2.05, 4.69) is 5.10 Å². The molecule has 104 valence electrons. The molecule has 0 saturated carbocycles. The molecule has 1 aliphatic heterocycles. The van der Waals surface area contributed by atoms with Gasteiger partial charge in [0.25, 0.3) is 0 Å². The average molecular weight is 274 g/mol. The number of aromatic nitrogens is 2. The summed E-state index contributed by atoms with van der Waals surface area (Å²) >= 11 is 0. The predicted octanol–water partition coefficient (Wildman–Crippen LogP) is 2.13. The van der Waals surface area contributed by atoms with Gasteiger partial charge in [0.1, 0.15) is 11.4 Å². The van der Waals surface area contributed by atoms with E-state index in [0.29, 0.717) is 18.0 Å². The van der Waals surface area contributed by atoms with Crippen LogP contribution in [0.25, 0.3) is 5.69 Å². The lowest BCUT2D eigenvalue weighted by Crippen LogP contribution is -2.07. The van der Waals surface area contributed by atoms with Crippen LogP contribution >= 0.6 is 0 Å². The van der Waals surface area contributed by atoms with Gasteiger partial charge in [-0.05, 0) is 31.0 Å². The van der Waals surface area contributed by atoms with Crippen molar-refractivity contribution in [3.05, 3.63) is 41.7 Å². The molecule has 2 heterocycles. The summed E-state index contributed by atoms with van der Waals surface area (Å²) in [4.78, 5) is 11.1. The molecule has 0 spiro atoms. The lowest BCUT2D eigenvalue weighted by atomic mass is 10.1. The second-order valence-electron chi connectivity index (χ2n) is 4.66. The zero-order valence-corrected chi connectivity index (χ0v) is 10.7. The first kappa shape index (κ1) is 12.7. The highest BCUT2D eigenvalue weighted by Crippen LogP contribution is 2.32. The Bertz CT molecular complexity index is 644. The number of carboxylic acids is 1. The Hall–Kier alpha value is -2.34. The van der Waals surface area contributed by atoms with Gasteiger partial charge < -0.3 is 14.9 Å². The molecule has 6 heteroatoms. The topological polar surface area (TPSA) is 84.6 Å². The van der Waals surface area contributed by atoms with Crippen LogP contribution in [-0.4, -0.2) is 32.6 Å². The zero-order chi connectivity index (χ0) is 14.1. The normalized spacial score (nSPS) is 18.3. The number of para-hydroxylation sites is 2. The van der Waals surface area contributed by atoms with Crippen molar-refractivity contribution in [3.63, 3.8) is 0 Å². The number of hydrogen-bond donors (Lipinski definition) is 2. The van der Waals surface area contributed by atoms with Gasteiger partial charge in [-0.15, -0.1) is 0 Å². The van der Waals surface area contributed by atoms with E-state index in [4.69, 9.17) is 9.84 Å². The highest BCUT2D eigenvalue weighted by Gasteiger charge is 2.26. The van der Waals surface area contributed by atoms with Gasteiger partial charge in [-0.2, -0.15) is 5.10 Å². The number of phenols is 1. The first-order valence-electron chi connectivity index (χ1n) is 6.40. The summed E-state index contributed by atoms with van der Waals surface area (Å²) in [5.74, 6) is -1.05. The number of hydrogen-bond acceptors (Lipinski definition) is 4. The molecule has 2 N–H and O–H groups in total. The third kappa shape index (κ3) is 2.14. The number of carbonyl (C=O) groups is 1. The van der Waals surface area contributed by atoms with Crippen LogP contribution in [-0.2, 0) is 4.74 Å². The van der Waals surface area contributed by atoms with Gasteiger partial charge in [-0.25, -0.2) is 9.48 Å². The van der Waals surface area contributed by atoms with Crippen molar-refractivity contribution in [1.29, 1.82) is 0 Å². The fourth-order valence-electron chi connectivity index (χ4n) is 2.38. The summed E-state index contributed by atoms with van der Waals surface area (Å²) < 4.78 is 7.05. The molecule has 0 radical (unpaired) electrons. The van der Waals surface area contributed by atoms with Crippen LogP contribution in [0.15, 0.2) is 30.3 Å². The van der Waals surface area contributed by atoms with Crippen molar-refractivity contribution in [3.8, 4) is 11.4 Å². The lowest BCUT2D eigenvalue weighted by Gasteiger charge is -2.13. The second-order valence-corrected chi connectivity index (χ2v) is 4.66. The van der Waals surface area contributed by atoms with Crippen LogP contribution in [0.1, 0.15) is 35.1 Å². The van der Waals surface area contributed by atoms with E-state index >= 15 is 0 Å². The molecule has 3 rings (SSSR count). The monoisotopic (exact) mass is 274 g/mol. The minimum Gasteiger partial charge on any atom is -0.506 e. The maximum Gasteiger partial charge on any atom is 0.356 e. The van der Waals surface area contributed by atoms with Gasteiger partial charge in [0.05, 0.1) is 11.8 Å². The van der Waals surface area contributed by atoms with E-state index in [1.807, 2.05) is 0 Å². The summed E-state index contributed by atoms with van der Waals surface area (Å²) in [6.07, 6.45) is 1.56. The summed E-state index contributed by atoms with van der Waals surface area (Å²) in [5.41, 5.74) is 1.05. The molecule has 20 heavy (non-hydrogen) atoms. The second kappa shape index (κ2) is 4.97. The largest absolute Gasteiger partial charge is 0.506 e. The summed E-state index contributed by atoms with van der Waals surface area (Å²) in [7, 11) is 0. The van der Waals surface area contributed by atoms with Crippen LogP contribution in [0, 0.1) is 0 Å². The molecular formula is C14H14N2O4. The van der Waals surface area contributed by atoms with Gasteiger partial charge in [-0.3, -0.25) is 0 Å². The fraction of sp³-hybridized carbons (Fsp3) is 0.286. The van der Waals surface area contributed by atoms with Crippen LogP contribution in [0.4, 0.5) is 0 Å².